The first-order valence-corrected chi connectivity index (χ1v) is 8.18. The molecule has 0 aliphatic heterocycles. The molecule has 2 aromatic rings. The Bertz CT molecular complexity index is 726. The molecule has 0 aliphatic rings. The van der Waals surface area contributed by atoms with Gasteiger partial charge >= 0.3 is 0 Å². The van der Waals surface area contributed by atoms with E-state index >= 15 is 0 Å². The number of aromatic nitrogens is 3. The van der Waals surface area contributed by atoms with E-state index in [4.69, 9.17) is 22.3 Å². The topological polar surface area (TPSA) is 64.8 Å². The predicted molar refractivity (Wildman–Crippen MR) is 73.5 cm³/mol. The highest BCUT2D eigenvalue weighted by atomic mass is 35.7. The first-order valence-electron chi connectivity index (χ1n) is 5.49. The maximum Gasteiger partial charge on any atom is 0.266 e. The number of halogens is 2. The fourth-order valence-corrected chi connectivity index (χ4v) is 3.58. The maximum absolute atomic E-state index is 11.6. The van der Waals surface area contributed by atoms with Crippen molar-refractivity contribution in [3.63, 3.8) is 0 Å². The van der Waals surface area contributed by atoms with E-state index in [1.165, 1.54) is 4.68 Å². The lowest BCUT2D eigenvalue weighted by molar-refractivity contribution is 0.608. The normalized spacial score (nSPS) is 11.8. The summed E-state index contributed by atoms with van der Waals surface area (Å²) in [5, 5.41) is 4.11. The van der Waals surface area contributed by atoms with Crippen molar-refractivity contribution in [1.29, 1.82) is 0 Å². The zero-order valence-electron chi connectivity index (χ0n) is 10.3. The molecule has 0 bridgehead atoms. The number of hydrogen-bond donors (Lipinski definition) is 0. The molecule has 0 radical (unpaired) electrons. The summed E-state index contributed by atoms with van der Waals surface area (Å²) in [6.07, 6.45) is 2.00. The van der Waals surface area contributed by atoms with Crippen LogP contribution in [0.3, 0.4) is 0 Å². The molecule has 2 rings (SSSR count). The maximum atomic E-state index is 11.6. The lowest BCUT2D eigenvalue weighted by Gasteiger charge is -2.02. The molecule has 0 saturated carbocycles. The number of hydrogen-bond acceptors (Lipinski definition) is 4. The van der Waals surface area contributed by atoms with Crippen molar-refractivity contribution in [2.24, 2.45) is 0 Å². The molecular formula is C11H11Cl2N3O2S. The minimum Gasteiger partial charge on any atom is -0.237 e. The Hall–Kier alpha value is -1.11. The van der Waals surface area contributed by atoms with Crippen LogP contribution in [0, 0.1) is 6.92 Å². The van der Waals surface area contributed by atoms with Gasteiger partial charge in [0.15, 0.2) is 11.0 Å². The van der Waals surface area contributed by atoms with E-state index in [0.29, 0.717) is 17.9 Å². The molecular weight excluding hydrogens is 309 g/mol. The minimum atomic E-state index is -3.94. The molecule has 0 aromatic carbocycles. The van der Waals surface area contributed by atoms with Crippen LogP contribution in [0.2, 0.25) is 5.15 Å². The molecule has 0 atom stereocenters. The Labute approximate surface area is 120 Å². The van der Waals surface area contributed by atoms with Crippen LogP contribution in [0.1, 0.15) is 18.2 Å². The van der Waals surface area contributed by atoms with Crippen molar-refractivity contribution in [1.82, 2.24) is 14.8 Å². The summed E-state index contributed by atoms with van der Waals surface area (Å²) in [6.45, 7) is 3.67. The summed E-state index contributed by atoms with van der Waals surface area (Å²) in [5.41, 5.74) is 1.29. The first kappa shape index (κ1) is 14.3. The highest BCUT2D eigenvalue weighted by Crippen LogP contribution is 2.30. The van der Waals surface area contributed by atoms with Crippen molar-refractivity contribution >= 4 is 31.3 Å². The molecule has 0 aliphatic carbocycles. The average Bonchev–Trinajstić information content (AvgIpc) is 2.66. The number of nitrogens with zero attached hydrogens (tertiary/aromatic N) is 3. The summed E-state index contributed by atoms with van der Waals surface area (Å²) in [7, 11) is 1.45. The van der Waals surface area contributed by atoms with Crippen LogP contribution < -0.4 is 0 Å². The largest absolute Gasteiger partial charge is 0.266 e. The second-order valence-corrected chi connectivity index (χ2v) is 6.82. The molecule has 0 unspecified atom stereocenters. The fourth-order valence-electron chi connectivity index (χ4n) is 1.69. The third kappa shape index (κ3) is 2.75. The van der Waals surface area contributed by atoms with Gasteiger partial charge in [0.2, 0.25) is 0 Å². The van der Waals surface area contributed by atoms with E-state index in [2.05, 4.69) is 10.1 Å². The van der Waals surface area contributed by atoms with E-state index < -0.39 is 9.05 Å². The quantitative estimate of drug-likeness (QED) is 0.816. The Kier molecular flexibility index (Phi) is 3.85. The molecule has 0 saturated heterocycles. The van der Waals surface area contributed by atoms with Gasteiger partial charge in [0.25, 0.3) is 9.05 Å². The van der Waals surface area contributed by atoms with Gasteiger partial charge in [0.1, 0.15) is 4.90 Å². The molecule has 2 aromatic heterocycles. The third-order valence-electron chi connectivity index (χ3n) is 2.55. The number of rotatable bonds is 3. The van der Waals surface area contributed by atoms with E-state index in [0.717, 1.165) is 5.56 Å². The molecule has 5 nitrogen and oxygen atoms in total. The minimum absolute atomic E-state index is 0.0510. The highest BCUT2D eigenvalue weighted by Gasteiger charge is 2.26. The molecule has 2 heterocycles. The van der Waals surface area contributed by atoms with Crippen molar-refractivity contribution in [3.8, 4) is 5.82 Å². The Morgan fingerprint density at radius 2 is 2.11 bits per heavy atom. The first-order chi connectivity index (χ1) is 8.84. The van der Waals surface area contributed by atoms with E-state index in [1.54, 1.807) is 19.2 Å². The van der Waals surface area contributed by atoms with Crippen LogP contribution in [0.5, 0.6) is 0 Å². The predicted octanol–water partition coefficient (Wildman–Crippen LogP) is 2.72. The van der Waals surface area contributed by atoms with Gasteiger partial charge < -0.3 is 0 Å². The third-order valence-corrected chi connectivity index (χ3v) is 4.39. The molecule has 0 fully saturated rings. The van der Waals surface area contributed by atoms with Gasteiger partial charge in [-0.1, -0.05) is 18.5 Å². The van der Waals surface area contributed by atoms with Crippen LogP contribution in [0.4, 0.5) is 0 Å². The number of aryl methyl sites for hydroxylation is 2. The zero-order chi connectivity index (χ0) is 14.2. The SMILES string of the molecule is CCc1nn(-c2cc(C)ccn2)c(Cl)c1S(=O)(=O)Cl. The van der Waals surface area contributed by atoms with Crippen LogP contribution in [-0.4, -0.2) is 23.2 Å². The zero-order valence-corrected chi connectivity index (χ0v) is 12.6. The van der Waals surface area contributed by atoms with Crippen molar-refractivity contribution < 1.29 is 8.42 Å². The van der Waals surface area contributed by atoms with Crippen LogP contribution in [0.15, 0.2) is 23.2 Å². The van der Waals surface area contributed by atoms with Gasteiger partial charge in [-0.15, -0.1) is 0 Å². The summed E-state index contributed by atoms with van der Waals surface area (Å²) in [6, 6.07) is 3.57. The van der Waals surface area contributed by atoms with E-state index in [9.17, 15) is 8.42 Å². The molecule has 102 valence electrons. The summed E-state index contributed by atoms with van der Waals surface area (Å²) < 4.78 is 24.4. The van der Waals surface area contributed by atoms with Crippen molar-refractivity contribution in [2.45, 2.75) is 25.2 Å². The van der Waals surface area contributed by atoms with Gasteiger partial charge in [-0.05, 0) is 31.0 Å². The van der Waals surface area contributed by atoms with Gasteiger partial charge in [0.05, 0.1) is 5.69 Å². The lowest BCUT2D eigenvalue weighted by Crippen LogP contribution is -2.00. The smallest absolute Gasteiger partial charge is 0.237 e. The fraction of sp³-hybridized carbons (Fsp3) is 0.273. The molecule has 19 heavy (non-hydrogen) atoms. The Morgan fingerprint density at radius 3 is 2.58 bits per heavy atom. The highest BCUT2D eigenvalue weighted by molar-refractivity contribution is 8.13. The Morgan fingerprint density at radius 1 is 1.42 bits per heavy atom. The molecule has 0 amide bonds. The van der Waals surface area contributed by atoms with E-state index in [-0.39, 0.29) is 10.0 Å². The molecule has 0 spiro atoms. The summed E-state index contributed by atoms with van der Waals surface area (Å²) in [5.74, 6) is 0.450. The number of pyridine rings is 1. The standard InChI is InChI=1S/C11H11Cl2N3O2S/c1-3-8-10(19(13,17)18)11(12)16(15-8)9-6-7(2)4-5-14-9/h4-6H,3H2,1-2H3. The van der Waals surface area contributed by atoms with Gasteiger partial charge in [-0.25, -0.2) is 18.1 Å². The summed E-state index contributed by atoms with van der Waals surface area (Å²) >= 11 is 6.08. The second kappa shape index (κ2) is 5.11. The van der Waals surface area contributed by atoms with Gasteiger partial charge in [-0.3, -0.25) is 0 Å². The lowest BCUT2D eigenvalue weighted by atomic mass is 10.3. The van der Waals surface area contributed by atoms with Crippen LogP contribution in [-0.2, 0) is 15.5 Å². The average molecular weight is 320 g/mol. The molecule has 0 N–H and O–H groups in total. The monoisotopic (exact) mass is 319 g/mol. The van der Waals surface area contributed by atoms with Gasteiger partial charge in [0, 0.05) is 16.9 Å². The van der Waals surface area contributed by atoms with Crippen molar-refractivity contribution in [2.75, 3.05) is 0 Å². The van der Waals surface area contributed by atoms with Crippen molar-refractivity contribution in [3.05, 3.63) is 34.7 Å². The Balaban J connectivity index is 2.71. The van der Waals surface area contributed by atoms with Crippen LogP contribution >= 0.6 is 22.3 Å². The molecule has 8 heteroatoms. The second-order valence-electron chi connectivity index (χ2n) is 3.96. The van der Waals surface area contributed by atoms with Gasteiger partial charge in [-0.2, -0.15) is 5.10 Å². The summed E-state index contributed by atoms with van der Waals surface area (Å²) in [4.78, 5) is 3.97. The van der Waals surface area contributed by atoms with Crippen LogP contribution in [0.25, 0.3) is 5.82 Å². The van der Waals surface area contributed by atoms with E-state index in [1.807, 2.05) is 13.0 Å².